The van der Waals surface area contributed by atoms with Crippen LogP contribution in [0.15, 0.2) is 36.4 Å². The Bertz CT molecular complexity index is 785. The number of fused-ring (bicyclic) bond motifs is 1. The average molecular weight is 322 g/mol. The second kappa shape index (κ2) is 5.77. The predicted octanol–water partition coefficient (Wildman–Crippen LogP) is 5.52. The minimum Gasteiger partial charge on any atom is -0.496 e. The molecule has 126 valence electrons. The van der Waals surface area contributed by atoms with Crippen LogP contribution >= 0.6 is 0 Å². The van der Waals surface area contributed by atoms with Gasteiger partial charge in [-0.25, -0.2) is 0 Å². The SMILES string of the molecule is COc1ccc(C=O)cc1-c1ccc2c(c1)C(C)(C)CCC2(C)C. The fraction of sp³-hybridized carbons (Fsp3) is 0.409. The molecule has 0 saturated heterocycles. The van der Waals surface area contributed by atoms with E-state index in [-0.39, 0.29) is 10.8 Å². The zero-order valence-electron chi connectivity index (χ0n) is 15.3. The molecule has 0 aromatic heterocycles. The van der Waals surface area contributed by atoms with Crippen molar-refractivity contribution in [1.29, 1.82) is 0 Å². The summed E-state index contributed by atoms with van der Waals surface area (Å²) in [7, 11) is 1.67. The normalized spacial score (nSPS) is 17.9. The van der Waals surface area contributed by atoms with Gasteiger partial charge in [-0.2, -0.15) is 0 Å². The molecule has 0 bridgehead atoms. The summed E-state index contributed by atoms with van der Waals surface area (Å²) in [4.78, 5) is 11.2. The molecule has 0 atom stereocenters. The van der Waals surface area contributed by atoms with Crippen molar-refractivity contribution in [3.8, 4) is 16.9 Å². The van der Waals surface area contributed by atoms with Crippen LogP contribution in [-0.4, -0.2) is 13.4 Å². The van der Waals surface area contributed by atoms with Crippen molar-refractivity contribution in [3.63, 3.8) is 0 Å². The summed E-state index contributed by atoms with van der Waals surface area (Å²) >= 11 is 0. The van der Waals surface area contributed by atoms with Gasteiger partial charge in [-0.1, -0.05) is 45.9 Å². The van der Waals surface area contributed by atoms with E-state index in [0.717, 1.165) is 23.2 Å². The third-order valence-corrected chi connectivity index (χ3v) is 5.52. The van der Waals surface area contributed by atoms with Crippen molar-refractivity contribution in [1.82, 2.24) is 0 Å². The van der Waals surface area contributed by atoms with Gasteiger partial charge in [-0.15, -0.1) is 0 Å². The lowest BCUT2D eigenvalue weighted by Crippen LogP contribution is -2.33. The average Bonchev–Trinajstić information content (AvgIpc) is 2.58. The molecule has 0 heterocycles. The molecule has 0 aliphatic heterocycles. The van der Waals surface area contributed by atoms with E-state index in [0.29, 0.717) is 5.56 Å². The largest absolute Gasteiger partial charge is 0.496 e. The van der Waals surface area contributed by atoms with Gasteiger partial charge in [0.2, 0.25) is 0 Å². The van der Waals surface area contributed by atoms with Crippen LogP contribution in [0.4, 0.5) is 0 Å². The molecule has 0 saturated carbocycles. The zero-order chi connectivity index (χ0) is 17.5. The van der Waals surface area contributed by atoms with Gasteiger partial charge >= 0.3 is 0 Å². The number of ether oxygens (including phenoxy) is 1. The van der Waals surface area contributed by atoms with Crippen molar-refractivity contribution < 1.29 is 9.53 Å². The van der Waals surface area contributed by atoms with Crippen LogP contribution in [0.2, 0.25) is 0 Å². The lowest BCUT2D eigenvalue weighted by molar-refractivity contribution is 0.112. The molecular weight excluding hydrogens is 296 g/mol. The van der Waals surface area contributed by atoms with Gasteiger partial charge in [-0.3, -0.25) is 4.79 Å². The first-order chi connectivity index (χ1) is 11.3. The highest BCUT2D eigenvalue weighted by molar-refractivity contribution is 5.82. The third-order valence-electron chi connectivity index (χ3n) is 5.52. The molecule has 0 amide bonds. The van der Waals surface area contributed by atoms with Crippen molar-refractivity contribution in [3.05, 3.63) is 53.1 Å². The van der Waals surface area contributed by atoms with Gasteiger partial charge in [0, 0.05) is 11.1 Å². The van der Waals surface area contributed by atoms with Crippen LogP contribution in [0.25, 0.3) is 11.1 Å². The Balaban J connectivity index is 2.20. The topological polar surface area (TPSA) is 26.3 Å². The number of aldehydes is 1. The summed E-state index contributed by atoms with van der Waals surface area (Å²) < 4.78 is 5.52. The lowest BCUT2D eigenvalue weighted by Gasteiger charge is -2.42. The molecule has 0 radical (unpaired) electrons. The third kappa shape index (κ3) is 2.75. The maximum absolute atomic E-state index is 11.2. The van der Waals surface area contributed by atoms with Gasteiger partial charge < -0.3 is 4.74 Å². The number of hydrogen-bond acceptors (Lipinski definition) is 2. The molecule has 0 N–H and O–H groups in total. The van der Waals surface area contributed by atoms with Gasteiger partial charge in [0.25, 0.3) is 0 Å². The first-order valence-corrected chi connectivity index (χ1v) is 8.57. The maximum Gasteiger partial charge on any atom is 0.150 e. The summed E-state index contributed by atoms with van der Waals surface area (Å²) in [5, 5.41) is 0. The molecule has 1 aliphatic rings. The number of carbonyl (C=O) groups excluding carboxylic acids is 1. The summed E-state index contributed by atoms with van der Waals surface area (Å²) in [6, 6.07) is 12.3. The van der Waals surface area contributed by atoms with Gasteiger partial charge in [0.1, 0.15) is 12.0 Å². The summed E-state index contributed by atoms with van der Waals surface area (Å²) in [5.41, 5.74) is 5.98. The van der Waals surface area contributed by atoms with Crippen LogP contribution in [0.1, 0.15) is 62.0 Å². The van der Waals surface area contributed by atoms with Crippen molar-refractivity contribution in [2.45, 2.75) is 51.4 Å². The molecule has 3 rings (SSSR count). The summed E-state index contributed by atoms with van der Waals surface area (Å²) in [6.45, 7) is 9.30. The molecule has 0 unspecified atom stereocenters. The second-order valence-electron chi connectivity index (χ2n) is 8.11. The maximum atomic E-state index is 11.2. The van der Waals surface area contributed by atoms with E-state index in [1.165, 1.54) is 24.0 Å². The van der Waals surface area contributed by atoms with E-state index in [2.05, 4.69) is 45.9 Å². The molecule has 2 heteroatoms. The van der Waals surface area contributed by atoms with Crippen LogP contribution < -0.4 is 4.74 Å². The molecular formula is C22H26O2. The lowest BCUT2D eigenvalue weighted by atomic mass is 9.63. The highest BCUT2D eigenvalue weighted by atomic mass is 16.5. The van der Waals surface area contributed by atoms with Crippen LogP contribution in [0, 0.1) is 0 Å². The molecule has 1 aliphatic carbocycles. The van der Waals surface area contributed by atoms with E-state index >= 15 is 0 Å². The van der Waals surface area contributed by atoms with Crippen LogP contribution in [0.5, 0.6) is 5.75 Å². The Kier molecular flexibility index (Phi) is 4.03. The Morgan fingerprint density at radius 3 is 2.21 bits per heavy atom. The van der Waals surface area contributed by atoms with E-state index in [1.807, 2.05) is 12.1 Å². The Hall–Kier alpha value is -2.09. The van der Waals surface area contributed by atoms with Crippen LogP contribution in [0.3, 0.4) is 0 Å². The Morgan fingerprint density at radius 2 is 1.58 bits per heavy atom. The molecule has 2 aromatic carbocycles. The first kappa shape index (κ1) is 16.8. The summed E-state index contributed by atoms with van der Waals surface area (Å²) in [6.07, 6.45) is 3.27. The first-order valence-electron chi connectivity index (χ1n) is 8.57. The van der Waals surface area contributed by atoms with Crippen LogP contribution in [-0.2, 0) is 10.8 Å². The minimum atomic E-state index is 0.163. The van der Waals surface area contributed by atoms with Gasteiger partial charge in [-0.05, 0) is 58.6 Å². The second-order valence-corrected chi connectivity index (χ2v) is 8.11. The molecule has 0 spiro atoms. The predicted molar refractivity (Wildman–Crippen MR) is 99.1 cm³/mol. The van der Waals surface area contributed by atoms with Crippen molar-refractivity contribution in [2.75, 3.05) is 7.11 Å². The smallest absolute Gasteiger partial charge is 0.150 e. The molecule has 24 heavy (non-hydrogen) atoms. The van der Waals surface area contributed by atoms with E-state index in [1.54, 1.807) is 13.2 Å². The van der Waals surface area contributed by atoms with Crippen molar-refractivity contribution >= 4 is 6.29 Å². The molecule has 2 aromatic rings. The number of rotatable bonds is 3. The highest BCUT2D eigenvalue weighted by Gasteiger charge is 2.37. The minimum absolute atomic E-state index is 0.163. The Morgan fingerprint density at radius 1 is 0.917 bits per heavy atom. The molecule has 0 fully saturated rings. The number of benzene rings is 2. The number of methoxy groups -OCH3 is 1. The van der Waals surface area contributed by atoms with E-state index < -0.39 is 0 Å². The van der Waals surface area contributed by atoms with Gasteiger partial charge in [0.05, 0.1) is 7.11 Å². The number of carbonyl (C=O) groups is 1. The number of hydrogen-bond donors (Lipinski definition) is 0. The summed E-state index contributed by atoms with van der Waals surface area (Å²) in [5.74, 6) is 0.799. The molecule has 2 nitrogen and oxygen atoms in total. The standard InChI is InChI=1S/C22H26O2/c1-21(2)10-11-22(3,4)19-13-16(7-8-18(19)21)17-12-15(14-23)6-9-20(17)24-5/h6-9,12-14H,10-11H2,1-5H3. The quantitative estimate of drug-likeness (QED) is 0.695. The van der Waals surface area contributed by atoms with E-state index in [4.69, 9.17) is 4.74 Å². The monoisotopic (exact) mass is 322 g/mol. The fourth-order valence-electron chi connectivity index (χ4n) is 3.78. The zero-order valence-corrected chi connectivity index (χ0v) is 15.3. The fourth-order valence-corrected chi connectivity index (χ4v) is 3.78. The van der Waals surface area contributed by atoms with Gasteiger partial charge in [0.15, 0.2) is 0 Å². The Labute approximate surface area is 144 Å². The van der Waals surface area contributed by atoms with E-state index in [9.17, 15) is 4.79 Å². The van der Waals surface area contributed by atoms with Crippen molar-refractivity contribution in [2.24, 2.45) is 0 Å². The highest BCUT2D eigenvalue weighted by Crippen LogP contribution is 2.47.